The number of nitrogens with zero attached hydrogens (tertiary/aromatic N) is 3. The number of anilines is 2. The van der Waals surface area contributed by atoms with Crippen molar-refractivity contribution in [1.29, 1.82) is 0 Å². The summed E-state index contributed by atoms with van der Waals surface area (Å²) in [7, 11) is 2.13. The van der Waals surface area contributed by atoms with Gasteiger partial charge in [-0.2, -0.15) is 11.8 Å². The normalized spacial score (nSPS) is 12.3. The van der Waals surface area contributed by atoms with E-state index in [2.05, 4.69) is 56.2 Å². The van der Waals surface area contributed by atoms with Crippen LogP contribution in [-0.2, 0) is 6.42 Å². The van der Waals surface area contributed by atoms with Gasteiger partial charge in [-0.05, 0) is 39.2 Å². The van der Waals surface area contributed by atoms with E-state index in [1.165, 1.54) is 12.2 Å². The second-order valence-corrected chi connectivity index (χ2v) is 6.05. The molecule has 1 N–H and O–H groups in total. The van der Waals surface area contributed by atoms with Crippen molar-refractivity contribution in [3.8, 4) is 0 Å². The van der Waals surface area contributed by atoms with Gasteiger partial charge in [-0.1, -0.05) is 6.92 Å². The van der Waals surface area contributed by atoms with E-state index in [0.717, 1.165) is 36.0 Å². The number of aromatic nitrogens is 2. The Hall–Kier alpha value is -0.970. The van der Waals surface area contributed by atoms with Crippen LogP contribution in [0.2, 0.25) is 0 Å². The molecule has 1 atom stereocenters. The summed E-state index contributed by atoms with van der Waals surface area (Å²) in [5.74, 6) is 4.11. The first kappa shape index (κ1) is 17.1. The fraction of sp³-hybridized carbons (Fsp3) is 0.733. The maximum Gasteiger partial charge on any atom is 0.137 e. The predicted molar refractivity (Wildman–Crippen MR) is 91.2 cm³/mol. The average molecular weight is 296 g/mol. The zero-order valence-corrected chi connectivity index (χ0v) is 14.5. The van der Waals surface area contributed by atoms with Gasteiger partial charge >= 0.3 is 0 Å². The van der Waals surface area contributed by atoms with E-state index in [-0.39, 0.29) is 0 Å². The highest BCUT2D eigenvalue weighted by Crippen LogP contribution is 2.25. The highest BCUT2D eigenvalue weighted by Gasteiger charge is 2.17. The van der Waals surface area contributed by atoms with Gasteiger partial charge in [0.05, 0.1) is 0 Å². The summed E-state index contributed by atoms with van der Waals surface area (Å²) < 4.78 is 0. The summed E-state index contributed by atoms with van der Waals surface area (Å²) in [6.07, 6.45) is 4.18. The number of rotatable bonds is 8. The van der Waals surface area contributed by atoms with Crippen molar-refractivity contribution in [2.45, 2.75) is 46.6 Å². The average Bonchev–Trinajstić information content (AvgIpc) is 2.46. The smallest absolute Gasteiger partial charge is 0.137 e. The lowest BCUT2D eigenvalue weighted by molar-refractivity contribution is 0.657. The monoisotopic (exact) mass is 296 g/mol. The lowest BCUT2D eigenvalue weighted by atomic mass is 10.2. The molecule has 5 heteroatoms. The van der Waals surface area contributed by atoms with E-state index >= 15 is 0 Å². The lowest BCUT2D eigenvalue weighted by Crippen LogP contribution is -2.31. The Bertz CT molecular complexity index is 423. The number of hydrogen-bond donors (Lipinski definition) is 1. The van der Waals surface area contributed by atoms with Crippen LogP contribution in [0.25, 0.3) is 0 Å². The minimum Gasteiger partial charge on any atom is -0.370 e. The van der Waals surface area contributed by atoms with Crippen LogP contribution in [0.4, 0.5) is 11.6 Å². The second-order valence-electron chi connectivity index (χ2n) is 5.06. The maximum atomic E-state index is 4.73. The summed E-state index contributed by atoms with van der Waals surface area (Å²) in [4.78, 5) is 11.6. The summed E-state index contributed by atoms with van der Waals surface area (Å²) in [5, 5.41) is 3.35. The Labute approximate surface area is 127 Å². The van der Waals surface area contributed by atoms with Gasteiger partial charge in [-0.25, -0.2) is 9.97 Å². The standard InChI is InChI=1S/C15H28N4S/c1-7-13-17-14(16-8-2)12(4)15(18-13)19(5)11(3)9-10-20-6/h11H,7-10H2,1-6H3,(H,16,17,18). The minimum absolute atomic E-state index is 0.482. The van der Waals surface area contributed by atoms with Gasteiger partial charge in [0.15, 0.2) is 0 Å². The largest absolute Gasteiger partial charge is 0.370 e. The Morgan fingerprint density at radius 2 is 2.00 bits per heavy atom. The van der Waals surface area contributed by atoms with Crippen LogP contribution in [-0.4, -0.2) is 41.6 Å². The third-order valence-electron chi connectivity index (χ3n) is 3.56. The number of thioether (sulfide) groups is 1. The van der Waals surface area contributed by atoms with Gasteiger partial charge in [-0.15, -0.1) is 0 Å². The molecule has 0 saturated carbocycles. The van der Waals surface area contributed by atoms with E-state index in [4.69, 9.17) is 4.98 Å². The van der Waals surface area contributed by atoms with E-state index < -0.39 is 0 Å². The molecule has 4 nitrogen and oxygen atoms in total. The molecule has 1 aromatic heterocycles. The first-order valence-corrected chi connectivity index (χ1v) is 8.77. The van der Waals surface area contributed by atoms with Gasteiger partial charge in [0, 0.05) is 31.6 Å². The quantitative estimate of drug-likeness (QED) is 0.796. The first-order valence-electron chi connectivity index (χ1n) is 7.38. The van der Waals surface area contributed by atoms with Crippen molar-refractivity contribution in [1.82, 2.24) is 9.97 Å². The van der Waals surface area contributed by atoms with E-state index in [0.29, 0.717) is 6.04 Å². The van der Waals surface area contributed by atoms with E-state index in [1.54, 1.807) is 0 Å². The third kappa shape index (κ3) is 4.27. The molecule has 0 spiro atoms. The van der Waals surface area contributed by atoms with E-state index in [9.17, 15) is 0 Å². The molecular formula is C15H28N4S. The summed E-state index contributed by atoms with van der Waals surface area (Å²) in [6.45, 7) is 9.44. The minimum atomic E-state index is 0.482. The Kier molecular flexibility index (Phi) is 7.13. The van der Waals surface area contributed by atoms with E-state index in [1.807, 2.05) is 11.8 Å². The van der Waals surface area contributed by atoms with Crippen LogP contribution in [0.3, 0.4) is 0 Å². The van der Waals surface area contributed by atoms with Crippen molar-refractivity contribution in [2.75, 3.05) is 35.8 Å². The first-order chi connectivity index (χ1) is 9.54. The molecule has 0 bridgehead atoms. The highest BCUT2D eigenvalue weighted by atomic mass is 32.2. The van der Waals surface area contributed by atoms with Gasteiger partial charge in [-0.3, -0.25) is 0 Å². The zero-order valence-electron chi connectivity index (χ0n) is 13.7. The molecular weight excluding hydrogens is 268 g/mol. The number of aryl methyl sites for hydroxylation is 1. The number of hydrogen-bond acceptors (Lipinski definition) is 5. The van der Waals surface area contributed by atoms with Crippen LogP contribution >= 0.6 is 11.8 Å². The third-order valence-corrected chi connectivity index (χ3v) is 4.21. The summed E-state index contributed by atoms with van der Waals surface area (Å²) >= 11 is 1.89. The Morgan fingerprint density at radius 3 is 2.55 bits per heavy atom. The van der Waals surface area contributed by atoms with Crippen molar-refractivity contribution < 1.29 is 0 Å². The van der Waals surface area contributed by atoms with Gasteiger partial charge in [0.2, 0.25) is 0 Å². The SMILES string of the molecule is CCNc1nc(CC)nc(N(C)C(C)CCSC)c1C. The van der Waals surface area contributed by atoms with Crippen LogP contribution in [0.15, 0.2) is 0 Å². The Morgan fingerprint density at radius 1 is 1.30 bits per heavy atom. The predicted octanol–water partition coefficient (Wildman–Crippen LogP) is 3.36. The maximum absolute atomic E-state index is 4.73. The molecule has 1 rings (SSSR count). The molecule has 0 aliphatic heterocycles. The highest BCUT2D eigenvalue weighted by molar-refractivity contribution is 7.98. The molecule has 0 radical (unpaired) electrons. The fourth-order valence-corrected chi connectivity index (χ4v) is 2.66. The summed E-state index contributed by atoms with van der Waals surface area (Å²) in [6, 6.07) is 0.482. The fourth-order valence-electron chi connectivity index (χ4n) is 2.08. The molecule has 0 aromatic carbocycles. The topological polar surface area (TPSA) is 41.1 Å². The molecule has 20 heavy (non-hydrogen) atoms. The molecule has 0 aliphatic rings. The van der Waals surface area contributed by atoms with Crippen LogP contribution in [0.1, 0.15) is 38.6 Å². The summed E-state index contributed by atoms with van der Waals surface area (Å²) in [5.41, 5.74) is 1.14. The molecule has 0 saturated heterocycles. The molecule has 0 amide bonds. The zero-order chi connectivity index (χ0) is 15.1. The van der Waals surface area contributed by atoms with Gasteiger partial charge in [0.1, 0.15) is 17.5 Å². The van der Waals surface area contributed by atoms with Crippen molar-refractivity contribution in [3.05, 3.63) is 11.4 Å². The lowest BCUT2D eigenvalue weighted by Gasteiger charge is -2.28. The molecule has 0 aliphatic carbocycles. The van der Waals surface area contributed by atoms with Crippen LogP contribution in [0.5, 0.6) is 0 Å². The van der Waals surface area contributed by atoms with Crippen LogP contribution in [0, 0.1) is 6.92 Å². The van der Waals surface area contributed by atoms with Gasteiger partial charge < -0.3 is 10.2 Å². The second kappa shape index (κ2) is 8.35. The van der Waals surface area contributed by atoms with Crippen LogP contribution < -0.4 is 10.2 Å². The molecule has 114 valence electrons. The van der Waals surface area contributed by atoms with Crippen molar-refractivity contribution in [3.63, 3.8) is 0 Å². The molecule has 1 aromatic rings. The van der Waals surface area contributed by atoms with Gasteiger partial charge in [0.25, 0.3) is 0 Å². The van der Waals surface area contributed by atoms with Crippen molar-refractivity contribution >= 4 is 23.4 Å². The molecule has 0 fully saturated rings. The molecule has 1 heterocycles. The Balaban J connectivity index is 3.05. The molecule has 1 unspecified atom stereocenters. The van der Waals surface area contributed by atoms with Crippen molar-refractivity contribution in [2.24, 2.45) is 0 Å². The number of nitrogens with one attached hydrogen (secondary N) is 1.